The maximum atomic E-state index is 11.5. The molecule has 0 aromatic rings. The molecule has 0 radical (unpaired) electrons. The van der Waals surface area contributed by atoms with Gasteiger partial charge in [-0.15, -0.1) is 0 Å². The van der Waals surface area contributed by atoms with E-state index < -0.39 is 5.97 Å². The third-order valence-electron chi connectivity index (χ3n) is 4.02. The molecule has 0 aromatic heterocycles. The van der Waals surface area contributed by atoms with Crippen molar-refractivity contribution >= 4 is 11.9 Å². The fourth-order valence-corrected chi connectivity index (χ4v) is 2.39. The molecule has 5 nitrogen and oxygen atoms in total. The molecule has 0 fully saturated rings. The van der Waals surface area contributed by atoms with Crippen molar-refractivity contribution < 1.29 is 24.5 Å². The maximum absolute atomic E-state index is 11.5. The summed E-state index contributed by atoms with van der Waals surface area (Å²) in [6.07, 6.45) is 10.7. The molecule has 0 saturated heterocycles. The van der Waals surface area contributed by atoms with Crippen LogP contribution in [0.1, 0.15) is 90.9 Å². The van der Waals surface area contributed by atoms with E-state index in [4.69, 9.17) is 14.9 Å². The minimum atomic E-state index is -0.729. The molecule has 23 heavy (non-hydrogen) atoms. The van der Waals surface area contributed by atoms with E-state index in [0.29, 0.717) is 18.9 Å². The average molecular weight is 330 g/mol. The predicted octanol–water partition coefficient (Wildman–Crippen LogP) is 4.88. The second-order valence-electron chi connectivity index (χ2n) is 6.17. The first-order chi connectivity index (χ1) is 11.1. The van der Waals surface area contributed by atoms with E-state index in [1.165, 1.54) is 12.8 Å². The normalized spacial score (nSPS) is 12.1. The first kappa shape index (κ1) is 21.9. The highest BCUT2D eigenvalue weighted by Crippen LogP contribution is 2.13. The third kappa shape index (κ3) is 15.6. The van der Waals surface area contributed by atoms with E-state index in [1.807, 2.05) is 0 Å². The number of carbonyl (C=O) groups excluding carboxylic acids is 1. The van der Waals surface area contributed by atoms with E-state index in [0.717, 1.165) is 51.4 Å². The molecule has 1 unspecified atom stereocenters. The molecule has 0 aliphatic rings. The fraction of sp³-hybridized carbons (Fsp3) is 0.889. The van der Waals surface area contributed by atoms with E-state index in [2.05, 4.69) is 13.8 Å². The third-order valence-corrected chi connectivity index (χ3v) is 4.02. The van der Waals surface area contributed by atoms with Crippen molar-refractivity contribution in [1.82, 2.24) is 0 Å². The summed E-state index contributed by atoms with van der Waals surface area (Å²) in [6, 6.07) is 0. The van der Waals surface area contributed by atoms with Crippen molar-refractivity contribution in [3.8, 4) is 0 Å². The van der Waals surface area contributed by atoms with Crippen LogP contribution in [0, 0.1) is 5.92 Å². The van der Waals surface area contributed by atoms with Gasteiger partial charge < -0.3 is 5.11 Å². The second-order valence-corrected chi connectivity index (χ2v) is 6.17. The van der Waals surface area contributed by atoms with Crippen LogP contribution >= 0.6 is 0 Å². The van der Waals surface area contributed by atoms with Gasteiger partial charge in [0.1, 0.15) is 0 Å². The van der Waals surface area contributed by atoms with Crippen LogP contribution in [0.4, 0.5) is 0 Å². The topological polar surface area (TPSA) is 72.8 Å². The van der Waals surface area contributed by atoms with Crippen molar-refractivity contribution in [2.45, 2.75) is 90.9 Å². The molecule has 1 atom stereocenters. The summed E-state index contributed by atoms with van der Waals surface area (Å²) < 4.78 is 0. The summed E-state index contributed by atoms with van der Waals surface area (Å²) in [5, 5.41) is 8.52. The van der Waals surface area contributed by atoms with Gasteiger partial charge in [-0.05, 0) is 25.2 Å². The number of hydrogen-bond donors (Lipinski definition) is 1. The number of unbranched alkanes of at least 4 members (excludes halogenated alkanes) is 6. The molecule has 0 amide bonds. The van der Waals surface area contributed by atoms with E-state index in [-0.39, 0.29) is 12.4 Å². The smallest absolute Gasteiger partial charge is 0.342 e. The number of rotatable bonds is 16. The Labute approximate surface area is 140 Å². The lowest BCUT2D eigenvalue weighted by atomic mass is 10.0. The molecule has 0 saturated carbocycles. The Morgan fingerprint density at radius 2 is 1.52 bits per heavy atom. The highest BCUT2D eigenvalue weighted by molar-refractivity contribution is 5.68. The summed E-state index contributed by atoms with van der Waals surface area (Å²) in [5.74, 6) is -0.553. The Bertz CT molecular complexity index is 304. The van der Waals surface area contributed by atoms with Crippen LogP contribution in [0.15, 0.2) is 0 Å². The quantitative estimate of drug-likeness (QED) is 0.248. The molecular weight excluding hydrogens is 296 g/mol. The lowest BCUT2D eigenvalue weighted by Crippen LogP contribution is -2.12. The van der Waals surface area contributed by atoms with E-state index in [1.54, 1.807) is 0 Å². The van der Waals surface area contributed by atoms with Crippen LogP contribution in [0.3, 0.4) is 0 Å². The summed E-state index contributed by atoms with van der Waals surface area (Å²) in [7, 11) is 0. The molecule has 0 aromatic carbocycles. The molecule has 1 N–H and O–H groups in total. The van der Waals surface area contributed by atoms with Crippen molar-refractivity contribution in [3.05, 3.63) is 0 Å². The van der Waals surface area contributed by atoms with Crippen LogP contribution < -0.4 is 0 Å². The van der Waals surface area contributed by atoms with Gasteiger partial charge in [-0.1, -0.05) is 58.8 Å². The van der Waals surface area contributed by atoms with Gasteiger partial charge in [-0.2, -0.15) is 4.89 Å². The lowest BCUT2D eigenvalue weighted by Gasteiger charge is -2.13. The van der Waals surface area contributed by atoms with Crippen molar-refractivity contribution in [1.29, 1.82) is 0 Å². The first-order valence-electron chi connectivity index (χ1n) is 9.14. The highest BCUT2D eigenvalue weighted by Gasteiger charge is 2.09. The predicted molar refractivity (Wildman–Crippen MR) is 89.9 cm³/mol. The first-order valence-corrected chi connectivity index (χ1v) is 9.14. The Kier molecular flexibility index (Phi) is 15.0. The zero-order chi connectivity index (χ0) is 17.3. The number of aliphatic carboxylic acids is 1. The molecule has 136 valence electrons. The van der Waals surface area contributed by atoms with E-state index in [9.17, 15) is 9.59 Å². The Morgan fingerprint density at radius 1 is 0.913 bits per heavy atom. The summed E-state index contributed by atoms with van der Waals surface area (Å²) in [5.41, 5.74) is 0. The second kappa shape index (κ2) is 15.8. The van der Waals surface area contributed by atoms with Gasteiger partial charge in [0.25, 0.3) is 0 Å². The standard InChI is InChI=1S/C18H34O5/c1-3-5-12-16(4-2)15-22-23-18(21)14-11-9-7-6-8-10-13-17(19)20/h16H,3-15H2,1-2H3,(H,19,20). The Balaban J connectivity index is 3.41. The van der Waals surface area contributed by atoms with Crippen LogP contribution in [0.25, 0.3) is 0 Å². The summed E-state index contributed by atoms with van der Waals surface area (Å²) >= 11 is 0. The monoisotopic (exact) mass is 330 g/mol. The fourth-order valence-electron chi connectivity index (χ4n) is 2.39. The summed E-state index contributed by atoms with van der Waals surface area (Å²) in [4.78, 5) is 31.8. The van der Waals surface area contributed by atoms with Gasteiger partial charge >= 0.3 is 11.9 Å². The molecule has 0 aliphatic heterocycles. The van der Waals surface area contributed by atoms with Crippen LogP contribution in [0.2, 0.25) is 0 Å². The van der Waals surface area contributed by atoms with Gasteiger partial charge in [-0.25, -0.2) is 4.79 Å². The zero-order valence-corrected chi connectivity index (χ0v) is 14.8. The highest BCUT2D eigenvalue weighted by atomic mass is 17.2. The lowest BCUT2D eigenvalue weighted by molar-refractivity contribution is -0.278. The minimum absolute atomic E-state index is 0.251. The largest absolute Gasteiger partial charge is 0.481 e. The molecule has 0 rings (SSSR count). The number of carboxylic acids is 1. The number of hydrogen-bond acceptors (Lipinski definition) is 4. The minimum Gasteiger partial charge on any atom is -0.481 e. The van der Waals surface area contributed by atoms with Crippen LogP contribution in [-0.2, 0) is 19.4 Å². The van der Waals surface area contributed by atoms with Crippen LogP contribution in [-0.4, -0.2) is 23.7 Å². The SMILES string of the molecule is CCCCC(CC)COOC(=O)CCCCCCCCC(=O)O. The van der Waals surface area contributed by atoms with Crippen molar-refractivity contribution in [2.75, 3.05) is 6.61 Å². The van der Waals surface area contributed by atoms with Crippen molar-refractivity contribution in [3.63, 3.8) is 0 Å². The molecule has 0 heterocycles. The van der Waals surface area contributed by atoms with Crippen LogP contribution in [0.5, 0.6) is 0 Å². The number of carbonyl (C=O) groups is 2. The summed E-state index contributed by atoms with van der Waals surface area (Å²) in [6.45, 7) is 4.79. The maximum Gasteiger partial charge on any atom is 0.342 e. The molecule has 0 bridgehead atoms. The van der Waals surface area contributed by atoms with Gasteiger partial charge in [0.15, 0.2) is 0 Å². The van der Waals surface area contributed by atoms with Crippen molar-refractivity contribution in [2.24, 2.45) is 5.92 Å². The zero-order valence-electron chi connectivity index (χ0n) is 14.8. The van der Waals surface area contributed by atoms with Gasteiger partial charge in [-0.3, -0.25) is 9.68 Å². The van der Waals surface area contributed by atoms with Gasteiger partial charge in [0.2, 0.25) is 0 Å². The molecular formula is C18H34O5. The van der Waals surface area contributed by atoms with Gasteiger partial charge in [0, 0.05) is 12.8 Å². The van der Waals surface area contributed by atoms with E-state index >= 15 is 0 Å². The van der Waals surface area contributed by atoms with Gasteiger partial charge in [0.05, 0.1) is 6.61 Å². The Morgan fingerprint density at radius 3 is 2.09 bits per heavy atom. The Hall–Kier alpha value is -1.10. The molecule has 0 spiro atoms. The molecule has 0 aliphatic carbocycles. The average Bonchev–Trinajstić information content (AvgIpc) is 2.52. The number of carboxylic acid groups (broad SMARTS) is 1. The molecule has 5 heteroatoms.